The Kier molecular flexibility index (Phi) is 6.77. The van der Waals surface area contributed by atoms with Crippen LogP contribution in [0.2, 0.25) is 0 Å². The minimum absolute atomic E-state index is 0.0632. The van der Waals surface area contributed by atoms with E-state index in [1.807, 2.05) is 45.5 Å². The third kappa shape index (κ3) is 4.70. The molecule has 2 saturated heterocycles. The van der Waals surface area contributed by atoms with Crippen LogP contribution in [0.5, 0.6) is 11.5 Å². The molecule has 1 aromatic carbocycles. The zero-order chi connectivity index (χ0) is 21.8. The molecule has 8 heteroatoms. The Morgan fingerprint density at radius 1 is 1.03 bits per heavy atom. The molecular weight excluding hydrogens is 414 g/mol. The number of carbonyl (C=O) groups excluding carboxylic acids is 2. The molecule has 2 aromatic rings. The second-order valence-electron chi connectivity index (χ2n) is 7.89. The van der Waals surface area contributed by atoms with Crippen LogP contribution >= 0.6 is 11.3 Å². The van der Waals surface area contributed by atoms with E-state index in [9.17, 15) is 9.59 Å². The first-order valence-electron chi connectivity index (χ1n) is 10.7. The summed E-state index contributed by atoms with van der Waals surface area (Å²) in [5.74, 6) is 1.75. The summed E-state index contributed by atoms with van der Waals surface area (Å²) in [7, 11) is 3.31. The number of hydrogen-bond donors (Lipinski definition) is 0. The molecule has 1 aromatic heterocycles. The third-order valence-corrected chi connectivity index (χ3v) is 7.01. The van der Waals surface area contributed by atoms with Crippen molar-refractivity contribution >= 4 is 23.2 Å². The van der Waals surface area contributed by atoms with Gasteiger partial charge in [-0.15, -0.1) is 11.3 Å². The van der Waals surface area contributed by atoms with Crippen molar-refractivity contribution in [2.24, 2.45) is 0 Å². The Morgan fingerprint density at radius 3 is 2.48 bits per heavy atom. The van der Waals surface area contributed by atoms with Gasteiger partial charge in [0, 0.05) is 43.9 Å². The van der Waals surface area contributed by atoms with Gasteiger partial charge in [-0.1, -0.05) is 12.1 Å². The number of piperazine rings is 1. The number of thiophene rings is 1. The van der Waals surface area contributed by atoms with Gasteiger partial charge in [0.1, 0.15) is 11.5 Å². The summed E-state index contributed by atoms with van der Waals surface area (Å²) < 4.78 is 10.9. The Balaban J connectivity index is 1.36. The molecule has 31 heavy (non-hydrogen) atoms. The third-order valence-electron chi connectivity index (χ3n) is 6.15. The van der Waals surface area contributed by atoms with E-state index < -0.39 is 0 Å². The highest BCUT2D eigenvalue weighted by molar-refractivity contribution is 7.12. The first-order chi connectivity index (χ1) is 15.1. The molecule has 0 unspecified atom stereocenters. The quantitative estimate of drug-likeness (QED) is 0.687. The van der Waals surface area contributed by atoms with Crippen molar-refractivity contribution in [2.45, 2.75) is 18.9 Å². The number of amides is 2. The number of hydrogen-bond acceptors (Lipinski definition) is 6. The second kappa shape index (κ2) is 9.70. The predicted octanol–water partition coefficient (Wildman–Crippen LogP) is 2.89. The number of rotatable bonds is 6. The van der Waals surface area contributed by atoms with Crippen molar-refractivity contribution in [3.05, 3.63) is 46.2 Å². The van der Waals surface area contributed by atoms with Crippen LogP contribution < -0.4 is 9.47 Å². The van der Waals surface area contributed by atoms with Gasteiger partial charge in [-0.25, -0.2) is 0 Å². The monoisotopic (exact) mass is 443 g/mol. The standard InChI is InChI=1S/C23H29N3O4S/c1-29-17-7-8-18(20(15-17)30-2)19-5-3-9-26(19)16-22(27)24-10-12-25(13-11-24)23(28)21-6-4-14-31-21/h4,6-8,14-15,19H,3,5,9-13,16H2,1-2H3/t19-/m0/s1. The smallest absolute Gasteiger partial charge is 0.264 e. The highest BCUT2D eigenvalue weighted by Gasteiger charge is 2.32. The molecule has 0 N–H and O–H groups in total. The van der Waals surface area contributed by atoms with Crippen molar-refractivity contribution in [3.8, 4) is 11.5 Å². The molecule has 3 heterocycles. The van der Waals surface area contributed by atoms with Crippen LogP contribution in [0.15, 0.2) is 35.7 Å². The molecule has 4 rings (SSSR count). The zero-order valence-corrected chi connectivity index (χ0v) is 18.9. The minimum Gasteiger partial charge on any atom is -0.497 e. The van der Waals surface area contributed by atoms with Gasteiger partial charge in [-0.3, -0.25) is 14.5 Å². The summed E-state index contributed by atoms with van der Waals surface area (Å²) in [4.78, 5) is 32.3. The number of carbonyl (C=O) groups is 2. The molecule has 2 aliphatic heterocycles. The molecule has 0 saturated carbocycles. The molecule has 1 atom stereocenters. The average Bonchev–Trinajstić information content (AvgIpc) is 3.50. The van der Waals surface area contributed by atoms with Gasteiger partial charge in [-0.2, -0.15) is 0 Å². The van der Waals surface area contributed by atoms with Gasteiger partial charge in [0.25, 0.3) is 5.91 Å². The Hall–Kier alpha value is -2.58. The number of likely N-dealkylation sites (tertiary alicyclic amines) is 1. The van der Waals surface area contributed by atoms with E-state index in [1.165, 1.54) is 11.3 Å². The van der Waals surface area contributed by atoms with Crippen molar-refractivity contribution in [1.29, 1.82) is 0 Å². The van der Waals surface area contributed by atoms with Crippen LogP contribution in [0.3, 0.4) is 0 Å². The molecule has 2 aliphatic rings. The minimum atomic E-state index is 0.0632. The summed E-state index contributed by atoms with van der Waals surface area (Å²) in [6.45, 7) is 3.61. The molecule has 0 spiro atoms. The van der Waals surface area contributed by atoms with Crippen LogP contribution in [0.4, 0.5) is 0 Å². The van der Waals surface area contributed by atoms with Gasteiger partial charge in [-0.05, 0) is 36.9 Å². The lowest BCUT2D eigenvalue weighted by molar-refractivity contribution is -0.134. The highest BCUT2D eigenvalue weighted by atomic mass is 32.1. The van der Waals surface area contributed by atoms with Gasteiger partial charge < -0.3 is 19.3 Å². The fourth-order valence-electron chi connectivity index (χ4n) is 4.45. The van der Waals surface area contributed by atoms with Gasteiger partial charge in [0.05, 0.1) is 25.6 Å². The van der Waals surface area contributed by atoms with Crippen molar-refractivity contribution < 1.29 is 19.1 Å². The number of benzene rings is 1. The number of nitrogens with zero attached hydrogens (tertiary/aromatic N) is 3. The first kappa shape index (κ1) is 21.6. The van der Waals surface area contributed by atoms with Crippen molar-refractivity contribution in [3.63, 3.8) is 0 Å². The normalized spacial score (nSPS) is 19.5. The van der Waals surface area contributed by atoms with E-state index in [2.05, 4.69) is 4.90 Å². The summed E-state index contributed by atoms with van der Waals surface area (Å²) in [6.07, 6.45) is 2.05. The largest absolute Gasteiger partial charge is 0.497 e. The Bertz CT molecular complexity index is 910. The molecule has 0 aliphatic carbocycles. The molecule has 166 valence electrons. The van der Waals surface area contributed by atoms with E-state index in [-0.39, 0.29) is 17.9 Å². The average molecular weight is 444 g/mol. The second-order valence-corrected chi connectivity index (χ2v) is 8.83. The summed E-state index contributed by atoms with van der Waals surface area (Å²) in [5, 5.41) is 1.91. The Labute approximate surface area is 187 Å². The topological polar surface area (TPSA) is 62.3 Å². The van der Waals surface area contributed by atoms with Crippen LogP contribution in [0.1, 0.15) is 34.1 Å². The van der Waals surface area contributed by atoms with Crippen LogP contribution in [-0.2, 0) is 4.79 Å². The van der Waals surface area contributed by atoms with E-state index in [1.54, 1.807) is 14.2 Å². The summed E-state index contributed by atoms with van der Waals surface area (Å²) >= 11 is 1.46. The lowest BCUT2D eigenvalue weighted by Gasteiger charge is -2.36. The maximum atomic E-state index is 13.0. The molecule has 0 bridgehead atoms. The van der Waals surface area contributed by atoms with Crippen LogP contribution in [0, 0.1) is 0 Å². The number of methoxy groups -OCH3 is 2. The van der Waals surface area contributed by atoms with Crippen molar-refractivity contribution in [2.75, 3.05) is 53.5 Å². The van der Waals surface area contributed by atoms with E-state index in [0.717, 1.165) is 41.3 Å². The van der Waals surface area contributed by atoms with Crippen molar-refractivity contribution in [1.82, 2.24) is 14.7 Å². The fourth-order valence-corrected chi connectivity index (χ4v) is 5.14. The van der Waals surface area contributed by atoms with E-state index >= 15 is 0 Å². The SMILES string of the molecule is COc1ccc([C@@H]2CCCN2CC(=O)N2CCN(C(=O)c3cccs3)CC2)c(OC)c1. The first-order valence-corrected chi connectivity index (χ1v) is 11.5. The van der Waals surface area contributed by atoms with Gasteiger partial charge >= 0.3 is 0 Å². The van der Waals surface area contributed by atoms with Crippen LogP contribution in [-0.4, -0.2) is 80.0 Å². The van der Waals surface area contributed by atoms with E-state index in [0.29, 0.717) is 32.7 Å². The van der Waals surface area contributed by atoms with Gasteiger partial charge in [0.2, 0.25) is 5.91 Å². The maximum absolute atomic E-state index is 13.0. The molecular formula is C23H29N3O4S. The van der Waals surface area contributed by atoms with Gasteiger partial charge in [0.15, 0.2) is 0 Å². The fraction of sp³-hybridized carbons (Fsp3) is 0.478. The Morgan fingerprint density at radius 2 is 1.81 bits per heavy atom. The highest BCUT2D eigenvalue weighted by Crippen LogP contribution is 2.38. The summed E-state index contributed by atoms with van der Waals surface area (Å²) in [6, 6.07) is 9.79. The summed E-state index contributed by atoms with van der Waals surface area (Å²) in [5.41, 5.74) is 1.10. The lowest BCUT2D eigenvalue weighted by atomic mass is 10.0. The molecule has 7 nitrogen and oxygen atoms in total. The molecule has 2 fully saturated rings. The maximum Gasteiger partial charge on any atom is 0.264 e. The number of ether oxygens (including phenoxy) is 2. The van der Waals surface area contributed by atoms with E-state index in [4.69, 9.17) is 9.47 Å². The molecule has 0 radical (unpaired) electrons. The zero-order valence-electron chi connectivity index (χ0n) is 18.1. The lowest BCUT2D eigenvalue weighted by Crippen LogP contribution is -2.52. The predicted molar refractivity (Wildman–Crippen MR) is 120 cm³/mol. The van der Waals surface area contributed by atoms with Crippen LogP contribution in [0.25, 0.3) is 0 Å². The molecule has 2 amide bonds.